The Hall–Kier alpha value is -3.16. The average molecular weight is 441 g/mol. The second-order valence-corrected chi connectivity index (χ2v) is 9.88. The first kappa shape index (κ1) is 21.1. The first-order valence-electron chi connectivity index (χ1n) is 9.57. The zero-order chi connectivity index (χ0) is 22.4. The maximum atomic E-state index is 14.8. The van der Waals surface area contributed by atoms with E-state index in [0.29, 0.717) is 24.3 Å². The number of nitrogens with two attached hydrogens (primary N) is 1. The van der Waals surface area contributed by atoms with Gasteiger partial charge in [0.1, 0.15) is 28.2 Å². The minimum atomic E-state index is -1.32. The third-order valence-electron chi connectivity index (χ3n) is 5.66. The van der Waals surface area contributed by atoms with Crippen LogP contribution in [-0.4, -0.2) is 56.5 Å². The standard InChI is InChI=1S/C21H21FN6O2S/c1-20(12-31(30)21(19(24)27-20)10-28(2)11-21)15-7-14(4-5-16(15)22)26-18(29)17-6-3-13(8-23)9-25-17/h3-7,9H,10-12H2,1-2H3,(H2,24,27)(H,26,29)/t20-,31?/m0/s1. The topological polar surface area (TPSA) is 124 Å². The molecule has 0 radical (unpaired) electrons. The fraction of sp³-hybridized carbons (Fsp3) is 0.333. The molecular weight excluding hydrogens is 419 g/mol. The molecule has 1 amide bonds. The Morgan fingerprint density at radius 3 is 2.68 bits per heavy atom. The van der Waals surface area contributed by atoms with E-state index in [-0.39, 0.29) is 22.8 Å². The number of amidine groups is 1. The maximum absolute atomic E-state index is 14.8. The zero-order valence-corrected chi connectivity index (χ0v) is 17.9. The lowest BCUT2D eigenvalue weighted by atomic mass is 9.91. The predicted octanol–water partition coefficient (Wildman–Crippen LogP) is 1.36. The summed E-state index contributed by atoms with van der Waals surface area (Å²) in [6.45, 7) is 2.81. The van der Waals surface area contributed by atoms with Crippen LogP contribution in [0.2, 0.25) is 0 Å². The van der Waals surface area contributed by atoms with Crippen LogP contribution in [0.4, 0.5) is 10.1 Å². The molecule has 0 aliphatic carbocycles. The minimum absolute atomic E-state index is 0.119. The molecule has 160 valence electrons. The van der Waals surface area contributed by atoms with Gasteiger partial charge in [0.2, 0.25) is 0 Å². The number of nitrogens with zero attached hydrogens (tertiary/aromatic N) is 4. The van der Waals surface area contributed by atoms with Crippen LogP contribution in [0.3, 0.4) is 0 Å². The number of amides is 1. The molecule has 1 spiro atoms. The third-order valence-corrected chi connectivity index (χ3v) is 7.83. The van der Waals surface area contributed by atoms with Crippen LogP contribution in [0.5, 0.6) is 0 Å². The molecule has 1 aromatic heterocycles. The highest BCUT2D eigenvalue weighted by atomic mass is 32.2. The Labute approximate surface area is 181 Å². The van der Waals surface area contributed by atoms with E-state index in [0.717, 1.165) is 0 Å². The van der Waals surface area contributed by atoms with Crippen molar-refractivity contribution in [2.24, 2.45) is 10.7 Å². The summed E-state index contributed by atoms with van der Waals surface area (Å²) in [5, 5.41) is 11.5. The van der Waals surface area contributed by atoms with Crippen molar-refractivity contribution in [3.63, 3.8) is 0 Å². The Bertz CT molecular complexity index is 1150. The van der Waals surface area contributed by atoms with Gasteiger partial charge in [0, 0.05) is 41.3 Å². The van der Waals surface area contributed by atoms with E-state index in [2.05, 4.69) is 15.3 Å². The van der Waals surface area contributed by atoms with Gasteiger partial charge in [0.25, 0.3) is 5.91 Å². The normalized spacial score (nSPS) is 24.7. The summed E-state index contributed by atoms with van der Waals surface area (Å²) >= 11 is 0. The molecule has 31 heavy (non-hydrogen) atoms. The number of rotatable bonds is 3. The minimum Gasteiger partial charge on any atom is -0.386 e. The van der Waals surface area contributed by atoms with E-state index < -0.39 is 32.8 Å². The van der Waals surface area contributed by atoms with E-state index in [1.807, 2.05) is 18.0 Å². The van der Waals surface area contributed by atoms with E-state index in [4.69, 9.17) is 11.0 Å². The molecule has 3 heterocycles. The van der Waals surface area contributed by atoms with Crippen LogP contribution in [0.25, 0.3) is 0 Å². The number of carbonyl (C=O) groups is 1. The first-order chi connectivity index (χ1) is 14.7. The van der Waals surface area contributed by atoms with Crippen molar-refractivity contribution in [3.05, 3.63) is 59.2 Å². The number of pyridine rings is 1. The number of hydrogen-bond donors (Lipinski definition) is 2. The van der Waals surface area contributed by atoms with Crippen LogP contribution in [-0.2, 0) is 16.3 Å². The molecule has 1 fully saturated rings. The summed E-state index contributed by atoms with van der Waals surface area (Å²) in [7, 11) is 0.591. The third kappa shape index (κ3) is 3.60. The smallest absolute Gasteiger partial charge is 0.274 e. The van der Waals surface area contributed by atoms with Crippen LogP contribution in [0, 0.1) is 17.1 Å². The van der Waals surface area contributed by atoms with Gasteiger partial charge in [-0.05, 0) is 44.3 Å². The highest BCUT2D eigenvalue weighted by molar-refractivity contribution is 7.87. The van der Waals surface area contributed by atoms with Gasteiger partial charge in [-0.25, -0.2) is 9.37 Å². The average Bonchev–Trinajstić information content (AvgIpc) is 2.71. The van der Waals surface area contributed by atoms with Crippen LogP contribution < -0.4 is 11.1 Å². The molecule has 1 unspecified atom stereocenters. The van der Waals surface area contributed by atoms with Crippen LogP contribution >= 0.6 is 0 Å². The quantitative estimate of drug-likeness (QED) is 0.743. The van der Waals surface area contributed by atoms with E-state index in [1.165, 1.54) is 36.5 Å². The number of nitrogens with one attached hydrogen (secondary N) is 1. The lowest BCUT2D eigenvalue weighted by molar-refractivity contribution is 0.102. The van der Waals surface area contributed by atoms with Gasteiger partial charge in [0.15, 0.2) is 0 Å². The molecule has 1 saturated heterocycles. The molecule has 2 aliphatic rings. The first-order valence-corrected chi connectivity index (χ1v) is 10.9. The largest absolute Gasteiger partial charge is 0.386 e. The summed E-state index contributed by atoms with van der Waals surface area (Å²) < 4.78 is 27.2. The van der Waals surface area contributed by atoms with Crippen molar-refractivity contribution in [2.75, 3.05) is 31.2 Å². The number of benzene rings is 1. The maximum Gasteiger partial charge on any atom is 0.274 e. The molecule has 3 N–H and O–H groups in total. The summed E-state index contributed by atoms with van der Waals surface area (Å²) in [5.74, 6) is -0.619. The Morgan fingerprint density at radius 2 is 2.10 bits per heavy atom. The molecule has 4 rings (SSSR count). The van der Waals surface area contributed by atoms with Crippen molar-refractivity contribution in [1.29, 1.82) is 5.26 Å². The Morgan fingerprint density at radius 1 is 1.35 bits per heavy atom. The zero-order valence-electron chi connectivity index (χ0n) is 17.1. The number of carbonyl (C=O) groups excluding carboxylic acids is 1. The number of nitriles is 1. The van der Waals surface area contributed by atoms with Crippen LogP contribution in [0.15, 0.2) is 41.5 Å². The molecule has 2 atom stereocenters. The molecular formula is C21H21FN6O2S. The molecule has 2 aliphatic heterocycles. The molecule has 2 aromatic rings. The number of hydrogen-bond acceptors (Lipinski definition) is 7. The van der Waals surface area contributed by atoms with E-state index in [9.17, 15) is 13.4 Å². The summed E-state index contributed by atoms with van der Waals surface area (Å²) in [5.41, 5.74) is 6.10. The highest BCUT2D eigenvalue weighted by Gasteiger charge is 2.55. The number of halogens is 1. The summed E-state index contributed by atoms with van der Waals surface area (Å²) in [4.78, 5) is 23.0. The van der Waals surface area contributed by atoms with E-state index in [1.54, 1.807) is 6.92 Å². The van der Waals surface area contributed by atoms with Crippen molar-refractivity contribution in [1.82, 2.24) is 9.88 Å². The van der Waals surface area contributed by atoms with Gasteiger partial charge in [-0.2, -0.15) is 5.26 Å². The van der Waals surface area contributed by atoms with E-state index >= 15 is 0 Å². The SMILES string of the molecule is CN1CC2(C1)C(N)=N[C@](C)(c1cc(NC(=O)c3ccc(C#N)cn3)ccc1F)CS2=O. The number of anilines is 1. The molecule has 0 bridgehead atoms. The number of aliphatic imine (C=N–C) groups is 1. The van der Waals surface area contributed by atoms with Crippen LogP contribution in [0.1, 0.15) is 28.5 Å². The second kappa shape index (κ2) is 7.51. The summed E-state index contributed by atoms with van der Waals surface area (Å²) in [6.07, 6.45) is 1.30. The Kier molecular flexibility index (Phi) is 5.11. The van der Waals surface area contributed by atoms with Gasteiger partial charge in [0.05, 0.1) is 16.9 Å². The molecule has 1 aromatic carbocycles. The van der Waals surface area contributed by atoms with Gasteiger partial charge >= 0.3 is 0 Å². The van der Waals surface area contributed by atoms with Gasteiger partial charge in [-0.3, -0.25) is 14.0 Å². The van der Waals surface area contributed by atoms with Crippen molar-refractivity contribution >= 4 is 28.2 Å². The fourth-order valence-electron chi connectivity index (χ4n) is 3.98. The molecule has 10 heteroatoms. The number of likely N-dealkylation sites (tertiary alicyclic amines) is 1. The van der Waals surface area contributed by atoms with Crippen molar-refractivity contribution in [2.45, 2.75) is 17.2 Å². The van der Waals surface area contributed by atoms with Crippen molar-refractivity contribution in [3.8, 4) is 6.07 Å². The van der Waals surface area contributed by atoms with Gasteiger partial charge in [-0.1, -0.05) is 0 Å². The predicted molar refractivity (Wildman–Crippen MR) is 116 cm³/mol. The summed E-state index contributed by atoms with van der Waals surface area (Å²) in [6, 6.07) is 9.00. The molecule has 0 saturated carbocycles. The lowest BCUT2D eigenvalue weighted by Gasteiger charge is -2.51. The van der Waals surface area contributed by atoms with Gasteiger partial charge < -0.3 is 16.0 Å². The number of aromatic nitrogens is 1. The molecule has 8 nitrogen and oxygen atoms in total. The Balaban J connectivity index is 1.62. The monoisotopic (exact) mass is 440 g/mol. The lowest BCUT2D eigenvalue weighted by Crippen LogP contribution is -2.71. The van der Waals surface area contributed by atoms with Gasteiger partial charge in [-0.15, -0.1) is 0 Å². The highest BCUT2D eigenvalue weighted by Crippen LogP contribution is 2.40. The fourth-order valence-corrected chi connectivity index (χ4v) is 6.00. The van der Waals surface area contributed by atoms with Crippen molar-refractivity contribution < 1.29 is 13.4 Å². The second-order valence-electron chi connectivity index (χ2n) is 8.12.